The second-order valence-corrected chi connectivity index (χ2v) is 3.50. The molecule has 0 spiro atoms. The topological polar surface area (TPSA) is 26.0 Å². The number of hydrogen-bond donors (Lipinski definition) is 1. The summed E-state index contributed by atoms with van der Waals surface area (Å²) in [7, 11) is 0. The maximum absolute atomic E-state index is 13.1. The van der Waals surface area contributed by atoms with E-state index in [1.165, 1.54) is 12.1 Å². The molecule has 0 aliphatic rings. The number of rotatable bonds is 1. The van der Waals surface area contributed by atoms with Crippen molar-refractivity contribution in [2.75, 3.05) is 6.54 Å². The molecule has 1 aromatic carbocycles. The third-order valence-corrected chi connectivity index (χ3v) is 1.95. The first-order valence-electron chi connectivity index (χ1n) is 3.98. The van der Waals surface area contributed by atoms with Crippen molar-refractivity contribution in [3.8, 4) is 11.8 Å². The van der Waals surface area contributed by atoms with Crippen LogP contribution < -0.4 is 5.73 Å². The van der Waals surface area contributed by atoms with Gasteiger partial charge in [0.15, 0.2) is 0 Å². The lowest BCUT2D eigenvalue weighted by Crippen LogP contribution is -1.96. The third-order valence-electron chi connectivity index (χ3n) is 1.49. The number of halogens is 3. The van der Waals surface area contributed by atoms with E-state index in [2.05, 4.69) is 27.8 Å². The maximum Gasteiger partial charge on any atom is 0.142 e. The fourth-order valence-corrected chi connectivity index (χ4v) is 1.29. The summed E-state index contributed by atoms with van der Waals surface area (Å²) < 4.78 is 26.6. The van der Waals surface area contributed by atoms with Gasteiger partial charge in [-0.2, -0.15) is 0 Å². The van der Waals surface area contributed by atoms with Crippen LogP contribution in [0.3, 0.4) is 0 Å². The SMILES string of the molecule is NCCC#Cc1c(F)cc(Br)cc1F. The molecule has 0 aliphatic heterocycles. The van der Waals surface area contributed by atoms with Crippen molar-refractivity contribution in [3.63, 3.8) is 0 Å². The van der Waals surface area contributed by atoms with Crippen LogP contribution in [0.25, 0.3) is 0 Å². The van der Waals surface area contributed by atoms with Gasteiger partial charge in [0.25, 0.3) is 0 Å². The molecule has 0 radical (unpaired) electrons. The molecule has 1 nitrogen and oxygen atoms in total. The first-order chi connectivity index (χ1) is 6.65. The van der Waals surface area contributed by atoms with E-state index in [0.717, 1.165) is 0 Å². The van der Waals surface area contributed by atoms with E-state index >= 15 is 0 Å². The highest BCUT2D eigenvalue weighted by molar-refractivity contribution is 9.10. The molecule has 0 amide bonds. The van der Waals surface area contributed by atoms with Crippen LogP contribution in [0.1, 0.15) is 12.0 Å². The summed E-state index contributed by atoms with van der Waals surface area (Å²) in [5.74, 6) is 3.66. The molecule has 0 saturated heterocycles. The third kappa shape index (κ3) is 2.79. The van der Waals surface area contributed by atoms with Crippen LogP contribution in [-0.2, 0) is 0 Å². The van der Waals surface area contributed by atoms with E-state index in [0.29, 0.717) is 17.4 Å². The Hall–Kier alpha value is -0.920. The van der Waals surface area contributed by atoms with Gasteiger partial charge in [-0.25, -0.2) is 8.78 Å². The first-order valence-corrected chi connectivity index (χ1v) is 4.78. The van der Waals surface area contributed by atoms with Gasteiger partial charge in [0, 0.05) is 17.4 Å². The summed E-state index contributed by atoms with van der Waals surface area (Å²) in [5, 5.41) is 0. The van der Waals surface area contributed by atoms with Gasteiger partial charge in [-0.15, -0.1) is 0 Å². The van der Waals surface area contributed by atoms with E-state index in [4.69, 9.17) is 5.73 Å². The predicted molar refractivity (Wildman–Crippen MR) is 54.6 cm³/mol. The molecule has 0 aliphatic carbocycles. The van der Waals surface area contributed by atoms with Crippen molar-refractivity contribution in [2.45, 2.75) is 6.42 Å². The summed E-state index contributed by atoms with van der Waals surface area (Å²) in [6.07, 6.45) is 0.426. The lowest BCUT2D eigenvalue weighted by atomic mass is 10.2. The highest BCUT2D eigenvalue weighted by Crippen LogP contribution is 2.18. The van der Waals surface area contributed by atoms with Gasteiger partial charge in [0.2, 0.25) is 0 Å². The molecule has 0 aromatic heterocycles. The molecule has 0 saturated carbocycles. The molecule has 4 heteroatoms. The van der Waals surface area contributed by atoms with Crippen LogP contribution in [0.4, 0.5) is 8.78 Å². The van der Waals surface area contributed by atoms with Crippen LogP contribution in [0.2, 0.25) is 0 Å². The van der Waals surface area contributed by atoms with Gasteiger partial charge in [-0.1, -0.05) is 27.8 Å². The minimum Gasteiger partial charge on any atom is -0.330 e. The Morgan fingerprint density at radius 2 is 1.86 bits per heavy atom. The minimum absolute atomic E-state index is 0.207. The highest BCUT2D eigenvalue weighted by Gasteiger charge is 2.07. The van der Waals surface area contributed by atoms with Gasteiger partial charge in [-0.3, -0.25) is 0 Å². The Kier molecular flexibility index (Phi) is 4.05. The Bertz CT molecular complexity index is 370. The summed E-state index contributed by atoms with van der Waals surface area (Å²) in [5.41, 5.74) is 4.99. The van der Waals surface area contributed by atoms with Crippen LogP contribution in [0, 0.1) is 23.5 Å². The Morgan fingerprint density at radius 1 is 1.29 bits per heavy atom. The van der Waals surface area contributed by atoms with Crippen molar-refractivity contribution >= 4 is 15.9 Å². The van der Waals surface area contributed by atoms with Crippen molar-refractivity contribution < 1.29 is 8.78 Å². The number of nitrogens with two attached hydrogens (primary N) is 1. The fraction of sp³-hybridized carbons (Fsp3) is 0.200. The van der Waals surface area contributed by atoms with Crippen LogP contribution in [0.15, 0.2) is 16.6 Å². The maximum atomic E-state index is 13.1. The minimum atomic E-state index is -0.665. The largest absolute Gasteiger partial charge is 0.330 e. The van der Waals surface area contributed by atoms with Gasteiger partial charge in [0.1, 0.15) is 11.6 Å². The molecule has 0 atom stereocenters. The van der Waals surface area contributed by atoms with Crippen LogP contribution in [-0.4, -0.2) is 6.54 Å². The average Bonchev–Trinajstić information content (AvgIpc) is 2.09. The second-order valence-electron chi connectivity index (χ2n) is 2.58. The zero-order valence-electron chi connectivity index (χ0n) is 7.28. The molecule has 2 N–H and O–H groups in total. The molecule has 0 heterocycles. The van der Waals surface area contributed by atoms with Crippen molar-refractivity contribution in [3.05, 3.63) is 33.8 Å². The van der Waals surface area contributed by atoms with Gasteiger partial charge in [-0.05, 0) is 12.1 Å². The quantitative estimate of drug-likeness (QED) is 0.771. The molecule has 14 heavy (non-hydrogen) atoms. The normalized spacial score (nSPS) is 9.43. The molecule has 74 valence electrons. The second kappa shape index (κ2) is 5.08. The molecule has 0 bridgehead atoms. The zero-order valence-corrected chi connectivity index (χ0v) is 8.87. The lowest BCUT2D eigenvalue weighted by molar-refractivity contribution is 0.576. The number of hydrogen-bond acceptors (Lipinski definition) is 1. The predicted octanol–water partition coefficient (Wildman–Crippen LogP) is 2.43. The summed E-state index contributed by atoms with van der Waals surface area (Å²) >= 11 is 2.98. The molecule has 0 fully saturated rings. The average molecular weight is 260 g/mol. The van der Waals surface area contributed by atoms with Crippen molar-refractivity contribution in [1.29, 1.82) is 0 Å². The molecular formula is C10H8BrF2N. The van der Waals surface area contributed by atoms with Crippen LogP contribution >= 0.6 is 15.9 Å². The summed E-state index contributed by atoms with van der Waals surface area (Å²) in [4.78, 5) is 0. The molecule has 1 aromatic rings. The Morgan fingerprint density at radius 3 is 2.36 bits per heavy atom. The smallest absolute Gasteiger partial charge is 0.142 e. The summed E-state index contributed by atoms with van der Waals surface area (Å²) in [6, 6.07) is 2.35. The van der Waals surface area contributed by atoms with Crippen molar-refractivity contribution in [1.82, 2.24) is 0 Å². The van der Waals surface area contributed by atoms with Crippen molar-refractivity contribution in [2.24, 2.45) is 5.73 Å². The zero-order chi connectivity index (χ0) is 10.6. The van der Waals surface area contributed by atoms with E-state index in [1.54, 1.807) is 0 Å². The fourth-order valence-electron chi connectivity index (χ4n) is 0.885. The van der Waals surface area contributed by atoms with Gasteiger partial charge < -0.3 is 5.73 Å². The van der Waals surface area contributed by atoms with Crippen LogP contribution in [0.5, 0.6) is 0 Å². The number of benzene rings is 1. The van der Waals surface area contributed by atoms with E-state index < -0.39 is 11.6 Å². The Balaban J connectivity index is 3.04. The highest BCUT2D eigenvalue weighted by atomic mass is 79.9. The van der Waals surface area contributed by atoms with Gasteiger partial charge in [0.05, 0.1) is 5.56 Å². The van der Waals surface area contributed by atoms with E-state index in [1.807, 2.05) is 0 Å². The monoisotopic (exact) mass is 259 g/mol. The standard InChI is InChI=1S/C10H8BrF2N/c11-7-5-9(12)8(10(13)6-7)3-1-2-4-14/h5-6H,2,4,14H2. The first kappa shape index (κ1) is 11.2. The Labute approximate surface area is 89.4 Å². The van der Waals surface area contributed by atoms with E-state index in [-0.39, 0.29) is 5.56 Å². The lowest BCUT2D eigenvalue weighted by Gasteiger charge is -1.97. The molecule has 0 unspecified atom stereocenters. The molecular weight excluding hydrogens is 252 g/mol. The van der Waals surface area contributed by atoms with Gasteiger partial charge >= 0.3 is 0 Å². The molecule has 1 rings (SSSR count). The summed E-state index contributed by atoms with van der Waals surface area (Å²) in [6.45, 7) is 0.382. The van der Waals surface area contributed by atoms with E-state index in [9.17, 15) is 8.78 Å².